The molecule has 0 spiro atoms. The highest BCUT2D eigenvalue weighted by Gasteiger charge is 2.22. The van der Waals surface area contributed by atoms with Crippen LogP contribution in [-0.2, 0) is 26.5 Å². The molecule has 0 bridgehead atoms. The zero-order valence-corrected chi connectivity index (χ0v) is 20.7. The van der Waals surface area contributed by atoms with Crippen LogP contribution in [-0.4, -0.2) is 43.5 Å². The molecule has 4 rings (SSSR count). The van der Waals surface area contributed by atoms with Gasteiger partial charge in [0.05, 0.1) is 11.4 Å². The maximum atomic E-state index is 12.7. The van der Waals surface area contributed by atoms with E-state index in [4.69, 9.17) is 11.6 Å². The molecule has 0 aliphatic heterocycles. The smallest absolute Gasteiger partial charge is 0.295 e. The van der Waals surface area contributed by atoms with Crippen LogP contribution in [0.5, 0.6) is 0 Å². The number of halogens is 1. The average molecular weight is 531 g/mol. The third-order valence-electron chi connectivity index (χ3n) is 5.38. The molecule has 0 radical (unpaired) electrons. The fourth-order valence-corrected chi connectivity index (χ4v) is 5.71. The molecule has 4 aromatic rings. The fourth-order valence-electron chi connectivity index (χ4n) is 3.81. The van der Waals surface area contributed by atoms with Crippen molar-refractivity contribution in [2.24, 2.45) is 0 Å². The lowest BCUT2D eigenvalue weighted by Crippen LogP contribution is -2.11. The predicted octanol–water partition coefficient (Wildman–Crippen LogP) is 4.38. The highest BCUT2D eigenvalue weighted by Crippen LogP contribution is 2.32. The number of rotatable bonds is 7. The van der Waals surface area contributed by atoms with Crippen molar-refractivity contribution in [1.82, 2.24) is 9.55 Å². The number of benzene rings is 3. The van der Waals surface area contributed by atoms with Crippen LogP contribution in [0.1, 0.15) is 16.1 Å². The van der Waals surface area contributed by atoms with Crippen LogP contribution < -0.4 is 0 Å². The van der Waals surface area contributed by atoms with Crippen molar-refractivity contribution in [3.8, 4) is 22.5 Å². The van der Waals surface area contributed by atoms with Crippen LogP contribution >= 0.6 is 11.6 Å². The maximum absolute atomic E-state index is 12.7. The first-order chi connectivity index (χ1) is 16.5. The highest BCUT2D eigenvalue weighted by molar-refractivity contribution is 7.90. The minimum absolute atomic E-state index is 0.0153. The highest BCUT2D eigenvalue weighted by atomic mass is 35.5. The molecule has 0 unspecified atom stereocenters. The summed E-state index contributed by atoms with van der Waals surface area (Å²) < 4.78 is 60.3. The second-order valence-corrected chi connectivity index (χ2v) is 11.5. The van der Waals surface area contributed by atoms with Gasteiger partial charge in [-0.1, -0.05) is 72.3 Å². The van der Waals surface area contributed by atoms with Crippen LogP contribution in [0, 0.1) is 0 Å². The zero-order valence-electron chi connectivity index (χ0n) is 18.3. The number of aldehydes is 1. The third kappa shape index (κ3) is 5.06. The standard InChI is InChI=1S/C24H19ClN2O6S2/c1-34(29,30)22-13-17(19-9-5-6-10-21(19)35(31,32)33)11-12-18(22)14-27-20(15-28)23(25)26-24(27)16-7-3-2-4-8-16/h2-13,15H,14H2,1H3,(H,31,32,33). The number of nitrogens with zero attached hydrogens (tertiary/aromatic N) is 2. The molecule has 0 saturated heterocycles. The van der Waals surface area contributed by atoms with Crippen molar-refractivity contribution < 1.29 is 26.2 Å². The molecule has 0 saturated carbocycles. The van der Waals surface area contributed by atoms with Crippen molar-refractivity contribution in [3.63, 3.8) is 0 Å². The molecule has 0 fully saturated rings. The van der Waals surface area contributed by atoms with E-state index in [0.717, 1.165) is 6.26 Å². The van der Waals surface area contributed by atoms with Crippen molar-refractivity contribution in [2.75, 3.05) is 6.26 Å². The number of hydrogen-bond donors (Lipinski definition) is 1. The summed E-state index contributed by atoms with van der Waals surface area (Å²) in [6, 6.07) is 19.2. The van der Waals surface area contributed by atoms with Gasteiger partial charge in [0.2, 0.25) is 0 Å². The second-order valence-electron chi connectivity index (χ2n) is 7.75. The first-order valence-corrected chi connectivity index (χ1v) is 13.9. The zero-order chi connectivity index (χ0) is 25.4. The van der Waals surface area contributed by atoms with Crippen LogP contribution in [0.15, 0.2) is 82.6 Å². The number of aromatic nitrogens is 2. The van der Waals surface area contributed by atoms with Gasteiger partial charge >= 0.3 is 0 Å². The van der Waals surface area contributed by atoms with Crippen LogP contribution in [0.4, 0.5) is 0 Å². The van der Waals surface area contributed by atoms with Gasteiger partial charge in [0, 0.05) is 17.4 Å². The summed E-state index contributed by atoms with van der Waals surface area (Å²) >= 11 is 6.20. The Bertz CT molecular complexity index is 1650. The van der Waals surface area contributed by atoms with Gasteiger partial charge in [0.1, 0.15) is 16.4 Å². The molecule has 0 aliphatic carbocycles. The number of carbonyl (C=O) groups is 1. The molecule has 35 heavy (non-hydrogen) atoms. The normalized spacial score (nSPS) is 12.0. The van der Waals surface area contributed by atoms with E-state index >= 15 is 0 Å². The van der Waals surface area contributed by atoms with E-state index in [1.807, 2.05) is 6.07 Å². The van der Waals surface area contributed by atoms with E-state index in [0.29, 0.717) is 23.2 Å². The molecule has 11 heteroatoms. The average Bonchev–Trinajstić information content (AvgIpc) is 3.13. The lowest BCUT2D eigenvalue weighted by molar-refractivity contribution is 0.111. The first kappa shape index (κ1) is 24.8. The lowest BCUT2D eigenvalue weighted by atomic mass is 10.0. The number of hydrogen-bond acceptors (Lipinski definition) is 6. The molecule has 1 heterocycles. The molecule has 0 atom stereocenters. The molecular weight excluding hydrogens is 512 g/mol. The Hall–Kier alpha value is -3.31. The van der Waals surface area contributed by atoms with Crippen molar-refractivity contribution >= 4 is 37.8 Å². The summed E-state index contributed by atoms with van der Waals surface area (Å²) in [5.74, 6) is 0.387. The largest absolute Gasteiger partial charge is 0.316 e. The molecule has 8 nitrogen and oxygen atoms in total. The number of sulfone groups is 1. The van der Waals surface area contributed by atoms with Gasteiger partial charge in [-0.15, -0.1) is 0 Å². The Balaban J connectivity index is 1.90. The summed E-state index contributed by atoms with van der Waals surface area (Å²) in [6.07, 6.45) is 1.59. The molecule has 1 aromatic heterocycles. The van der Waals surface area contributed by atoms with Gasteiger partial charge in [-0.3, -0.25) is 9.35 Å². The molecular formula is C24H19ClN2O6S2. The monoisotopic (exact) mass is 530 g/mol. The van der Waals surface area contributed by atoms with Gasteiger partial charge in [-0.2, -0.15) is 8.42 Å². The summed E-state index contributed by atoms with van der Waals surface area (Å²) in [4.78, 5) is 15.7. The fraction of sp³-hybridized carbons (Fsp3) is 0.0833. The Labute approximate surface area is 207 Å². The summed E-state index contributed by atoms with van der Waals surface area (Å²) in [7, 11) is -8.34. The SMILES string of the molecule is CS(=O)(=O)c1cc(-c2ccccc2S(=O)(=O)O)ccc1Cn1c(-c2ccccc2)nc(Cl)c1C=O. The van der Waals surface area contributed by atoms with Crippen LogP contribution in [0.2, 0.25) is 5.15 Å². The van der Waals surface area contributed by atoms with Crippen LogP contribution in [0.3, 0.4) is 0 Å². The number of carbonyl (C=O) groups excluding carboxylic acids is 1. The molecule has 0 aliphatic rings. The first-order valence-electron chi connectivity index (χ1n) is 10.2. The van der Waals surface area contributed by atoms with Gasteiger partial charge in [-0.25, -0.2) is 13.4 Å². The maximum Gasteiger partial charge on any atom is 0.295 e. The van der Waals surface area contributed by atoms with E-state index < -0.39 is 20.0 Å². The van der Waals surface area contributed by atoms with E-state index in [-0.39, 0.29) is 38.3 Å². The Morgan fingerprint density at radius 2 is 1.57 bits per heavy atom. The van der Waals surface area contributed by atoms with E-state index in [9.17, 15) is 26.2 Å². The Morgan fingerprint density at radius 1 is 0.914 bits per heavy atom. The molecule has 3 aromatic carbocycles. The third-order valence-corrected chi connectivity index (χ3v) is 7.75. The second kappa shape index (κ2) is 9.38. The minimum atomic E-state index is -4.55. The Kier molecular flexibility index (Phi) is 6.65. The van der Waals surface area contributed by atoms with E-state index in [2.05, 4.69) is 4.98 Å². The topological polar surface area (TPSA) is 123 Å². The van der Waals surface area contributed by atoms with Crippen molar-refractivity contribution in [3.05, 3.63) is 89.2 Å². The predicted molar refractivity (Wildman–Crippen MR) is 132 cm³/mol. The van der Waals surface area contributed by atoms with Gasteiger partial charge in [0.15, 0.2) is 21.3 Å². The van der Waals surface area contributed by atoms with E-state index in [1.165, 1.54) is 34.9 Å². The van der Waals surface area contributed by atoms with Crippen molar-refractivity contribution in [2.45, 2.75) is 16.3 Å². The molecule has 0 amide bonds. The van der Waals surface area contributed by atoms with Gasteiger partial charge in [-0.05, 0) is 23.3 Å². The van der Waals surface area contributed by atoms with Crippen molar-refractivity contribution in [1.29, 1.82) is 0 Å². The molecule has 180 valence electrons. The summed E-state index contributed by atoms with van der Waals surface area (Å²) in [5.41, 5.74) is 1.54. The number of imidazole rings is 1. The lowest BCUT2D eigenvalue weighted by Gasteiger charge is -2.15. The van der Waals surface area contributed by atoms with Gasteiger partial charge < -0.3 is 4.57 Å². The summed E-state index contributed by atoms with van der Waals surface area (Å²) in [5, 5.41) is -0.0153. The van der Waals surface area contributed by atoms with E-state index in [1.54, 1.807) is 36.4 Å². The molecule has 1 N–H and O–H groups in total. The Morgan fingerprint density at radius 3 is 2.20 bits per heavy atom. The summed E-state index contributed by atoms with van der Waals surface area (Å²) in [6.45, 7) is -0.0410. The minimum Gasteiger partial charge on any atom is -0.316 e. The quantitative estimate of drug-likeness (QED) is 0.278. The van der Waals surface area contributed by atoms with Gasteiger partial charge in [0.25, 0.3) is 10.1 Å². The van der Waals surface area contributed by atoms with Crippen LogP contribution in [0.25, 0.3) is 22.5 Å².